The third kappa shape index (κ3) is 3.95. The number of fused-ring (bicyclic) bond motifs is 1. The summed E-state index contributed by atoms with van der Waals surface area (Å²) in [7, 11) is 0. The molecule has 7 nitrogen and oxygen atoms in total. The van der Waals surface area contributed by atoms with Gasteiger partial charge >= 0.3 is 5.69 Å². The van der Waals surface area contributed by atoms with Crippen LogP contribution in [0.2, 0.25) is 0 Å². The van der Waals surface area contributed by atoms with Crippen LogP contribution in [0.3, 0.4) is 0 Å². The van der Waals surface area contributed by atoms with Gasteiger partial charge in [-0.3, -0.25) is 9.56 Å². The summed E-state index contributed by atoms with van der Waals surface area (Å²) in [5.41, 5.74) is 0.0421. The third-order valence-electron chi connectivity index (χ3n) is 4.61. The van der Waals surface area contributed by atoms with Crippen LogP contribution in [0.25, 0.3) is 0 Å². The summed E-state index contributed by atoms with van der Waals surface area (Å²) in [4.78, 5) is 16.8. The van der Waals surface area contributed by atoms with E-state index in [1.54, 1.807) is 4.68 Å². The zero-order valence-electron chi connectivity index (χ0n) is 14.2. The Bertz CT molecular complexity index is 617. The van der Waals surface area contributed by atoms with E-state index in [-0.39, 0.29) is 5.69 Å². The molecule has 0 radical (unpaired) electrons. The van der Waals surface area contributed by atoms with Crippen LogP contribution in [0.1, 0.15) is 45.4 Å². The van der Waals surface area contributed by atoms with Crippen molar-refractivity contribution < 1.29 is 0 Å². The molecule has 0 bridgehead atoms. The number of nitrogens with one attached hydrogen (secondary N) is 2. The Balaban J connectivity index is 1.51. The Morgan fingerprint density at radius 1 is 1.43 bits per heavy atom. The predicted molar refractivity (Wildman–Crippen MR) is 90.7 cm³/mol. The second kappa shape index (κ2) is 7.19. The van der Waals surface area contributed by atoms with Gasteiger partial charge in [0.15, 0.2) is 5.96 Å². The van der Waals surface area contributed by atoms with Crippen LogP contribution in [-0.4, -0.2) is 39.4 Å². The van der Waals surface area contributed by atoms with E-state index in [0.29, 0.717) is 19.1 Å². The molecule has 2 atom stereocenters. The molecule has 1 saturated carbocycles. The highest BCUT2D eigenvalue weighted by atomic mass is 16.2. The first-order chi connectivity index (χ1) is 11.2. The van der Waals surface area contributed by atoms with E-state index in [1.807, 2.05) is 4.57 Å². The molecule has 3 rings (SSSR count). The van der Waals surface area contributed by atoms with Gasteiger partial charge in [0.05, 0.1) is 0 Å². The molecule has 23 heavy (non-hydrogen) atoms. The van der Waals surface area contributed by atoms with E-state index >= 15 is 0 Å². The normalized spacial score (nSPS) is 23.5. The first-order valence-corrected chi connectivity index (χ1v) is 8.90. The Morgan fingerprint density at radius 2 is 2.26 bits per heavy atom. The number of aromatic nitrogens is 3. The monoisotopic (exact) mass is 320 g/mol. The summed E-state index contributed by atoms with van der Waals surface area (Å²) in [6, 6.07) is 0.565. The van der Waals surface area contributed by atoms with E-state index in [2.05, 4.69) is 34.6 Å². The Kier molecular flexibility index (Phi) is 5.03. The van der Waals surface area contributed by atoms with Crippen LogP contribution in [-0.2, 0) is 19.5 Å². The summed E-state index contributed by atoms with van der Waals surface area (Å²) in [6.07, 6.45) is 5.19. The largest absolute Gasteiger partial charge is 0.357 e. The van der Waals surface area contributed by atoms with Gasteiger partial charge in [-0.05, 0) is 38.5 Å². The lowest BCUT2D eigenvalue weighted by atomic mass is 10.2. The number of rotatable bonds is 6. The molecule has 1 aromatic heterocycles. The van der Waals surface area contributed by atoms with Gasteiger partial charge in [0.2, 0.25) is 0 Å². The topological polar surface area (TPSA) is 76.2 Å². The maximum absolute atomic E-state index is 12.2. The molecule has 1 aliphatic heterocycles. The van der Waals surface area contributed by atoms with Crippen LogP contribution < -0.4 is 16.3 Å². The van der Waals surface area contributed by atoms with Crippen molar-refractivity contribution in [2.45, 2.75) is 65.1 Å². The average molecular weight is 320 g/mol. The average Bonchev–Trinajstić information content (AvgIpc) is 3.14. The third-order valence-corrected chi connectivity index (χ3v) is 4.61. The molecule has 0 saturated heterocycles. The molecule has 2 aliphatic rings. The van der Waals surface area contributed by atoms with E-state index in [1.165, 1.54) is 6.42 Å². The van der Waals surface area contributed by atoms with Crippen molar-refractivity contribution in [2.24, 2.45) is 10.9 Å². The molecule has 1 aliphatic carbocycles. The molecular weight excluding hydrogens is 292 g/mol. The second-order valence-corrected chi connectivity index (χ2v) is 6.61. The molecule has 0 amide bonds. The Labute approximate surface area is 137 Å². The van der Waals surface area contributed by atoms with Crippen molar-refractivity contribution >= 4 is 5.96 Å². The standard InChI is InChI=1S/C16H28N6O/c1-3-17-15(19-13-11-12(13)2)18-8-6-10-22-16(23)21-9-5-4-7-14(21)20-22/h12-13H,3-11H2,1-2H3,(H2,17,18,19). The van der Waals surface area contributed by atoms with Gasteiger partial charge in [-0.2, -0.15) is 5.10 Å². The fraction of sp³-hybridized carbons (Fsp3) is 0.812. The molecule has 2 unspecified atom stereocenters. The molecule has 7 heteroatoms. The minimum Gasteiger partial charge on any atom is -0.357 e. The van der Waals surface area contributed by atoms with Gasteiger partial charge in [0, 0.05) is 38.6 Å². The van der Waals surface area contributed by atoms with E-state index in [4.69, 9.17) is 0 Å². The minimum absolute atomic E-state index is 0.0421. The van der Waals surface area contributed by atoms with Crippen molar-refractivity contribution in [3.63, 3.8) is 0 Å². The molecular formula is C16H28N6O. The van der Waals surface area contributed by atoms with Crippen LogP contribution >= 0.6 is 0 Å². The summed E-state index contributed by atoms with van der Waals surface area (Å²) in [5, 5.41) is 11.2. The van der Waals surface area contributed by atoms with Crippen molar-refractivity contribution in [3.8, 4) is 0 Å². The Hall–Kier alpha value is -1.79. The van der Waals surface area contributed by atoms with E-state index < -0.39 is 0 Å². The zero-order valence-corrected chi connectivity index (χ0v) is 14.2. The predicted octanol–water partition coefficient (Wildman–Crippen LogP) is 0.735. The number of hydrogen-bond acceptors (Lipinski definition) is 3. The minimum atomic E-state index is 0.0421. The number of aliphatic imine (C=N–C) groups is 1. The number of hydrogen-bond donors (Lipinski definition) is 2. The van der Waals surface area contributed by atoms with Gasteiger partial charge in [0.25, 0.3) is 0 Å². The number of nitrogens with zero attached hydrogens (tertiary/aromatic N) is 4. The fourth-order valence-electron chi connectivity index (χ4n) is 3.02. The van der Waals surface area contributed by atoms with Gasteiger partial charge in [-0.1, -0.05) is 6.92 Å². The first-order valence-electron chi connectivity index (χ1n) is 8.90. The van der Waals surface area contributed by atoms with Crippen LogP contribution in [0, 0.1) is 5.92 Å². The molecule has 1 aromatic rings. The van der Waals surface area contributed by atoms with Crippen molar-refractivity contribution in [3.05, 3.63) is 16.3 Å². The van der Waals surface area contributed by atoms with E-state index in [0.717, 1.165) is 56.5 Å². The van der Waals surface area contributed by atoms with Gasteiger partial charge in [0.1, 0.15) is 5.82 Å². The van der Waals surface area contributed by atoms with E-state index in [9.17, 15) is 4.79 Å². The van der Waals surface area contributed by atoms with Gasteiger partial charge < -0.3 is 10.6 Å². The van der Waals surface area contributed by atoms with Crippen LogP contribution in [0.15, 0.2) is 9.79 Å². The lowest BCUT2D eigenvalue weighted by molar-refractivity contribution is 0.509. The highest BCUT2D eigenvalue weighted by Gasteiger charge is 2.33. The van der Waals surface area contributed by atoms with Crippen molar-refractivity contribution in [1.29, 1.82) is 0 Å². The zero-order chi connectivity index (χ0) is 16.2. The molecule has 128 valence electrons. The summed E-state index contributed by atoms with van der Waals surface area (Å²) in [5.74, 6) is 2.58. The molecule has 0 aromatic carbocycles. The molecule has 0 spiro atoms. The maximum Gasteiger partial charge on any atom is 0.345 e. The van der Waals surface area contributed by atoms with Crippen molar-refractivity contribution in [1.82, 2.24) is 25.0 Å². The van der Waals surface area contributed by atoms with Crippen LogP contribution in [0.4, 0.5) is 0 Å². The van der Waals surface area contributed by atoms with Gasteiger partial charge in [-0.25, -0.2) is 9.48 Å². The molecule has 2 N–H and O–H groups in total. The maximum atomic E-state index is 12.2. The smallest absolute Gasteiger partial charge is 0.345 e. The van der Waals surface area contributed by atoms with Crippen LogP contribution in [0.5, 0.6) is 0 Å². The quantitative estimate of drug-likeness (QED) is 0.460. The fourth-order valence-corrected chi connectivity index (χ4v) is 3.02. The molecule has 2 heterocycles. The Morgan fingerprint density at radius 3 is 2.96 bits per heavy atom. The highest BCUT2D eigenvalue weighted by molar-refractivity contribution is 5.80. The number of guanidine groups is 1. The second-order valence-electron chi connectivity index (χ2n) is 6.61. The highest BCUT2D eigenvalue weighted by Crippen LogP contribution is 2.28. The summed E-state index contributed by atoms with van der Waals surface area (Å²) >= 11 is 0. The van der Waals surface area contributed by atoms with Gasteiger partial charge in [-0.15, -0.1) is 0 Å². The van der Waals surface area contributed by atoms with Crippen molar-refractivity contribution in [2.75, 3.05) is 13.1 Å². The summed E-state index contributed by atoms with van der Waals surface area (Å²) in [6.45, 7) is 7.34. The summed E-state index contributed by atoms with van der Waals surface area (Å²) < 4.78 is 3.44. The first kappa shape index (κ1) is 16.1. The molecule has 1 fully saturated rings. The SMILES string of the molecule is CCNC(=NCCCn1nc2n(c1=O)CCCC2)NC1CC1C. The number of aryl methyl sites for hydroxylation is 2. The lowest BCUT2D eigenvalue weighted by Crippen LogP contribution is -2.39. The lowest BCUT2D eigenvalue weighted by Gasteiger charge is -2.10.